The number of hydrogen-bond acceptors (Lipinski definition) is 8. The normalized spacial score (nSPS) is 13.8. The highest BCUT2D eigenvalue weighted by Crippen LogP contribution is 2.29. The molecule has 1 aliphatic heterocycles. The molecule has 4 rings (SSSR count). The number of methoxy groups -OCH3 is 1. The molecule has 0 N–H and O–H groups in total. The number of carbonyl (C=O) groups is 1. The minimum Gasteiger partial charge on any atom is -0.497 e. The molecule has 2 aromatic carbocycles. The third kappa shape index (κ3) is 4.92. The number of ether oxygens (including phenoxy) is 1. The maximum atomic E-state index is 12.8. The molecule has 11 heteroatoms. The molecule has 33 heavy (non-hydrogen) atoms. The van der Waals surface area contributed by atoms with Gasteiger partial charge in [0.2, 0.25) is 5.91 Å². The molecule has 10 nitrogen and oxygen atoms in total. The summed E-state index contributed by atoms with van der Waals surface area (Å²) in [5.74, 6) is 1.73. The Morgan fingerprint density at radius 1 is 1.09 bits per heavy atom. The first-order valence-corrected chi connectivity index (χ1v) is 11.4. The van der Waals surface area contributed by atoms with E-state index in [0.717, 1.165) is 17.3 Å². The van der Waals surface area contributed by atoms with E-state index in [4.69, 9.17) is 4.74 Å². The zero-order chi connectivity index (χ0) is 23.4. The van der Waals surface area contributed by atoms with Gasteiger partial charge in [-0.15, -0.1) is 10.2 Å². The minimum atomic E-state index is -0.371. The van der Waals surface area contributed by atoms with Crippen molar-refractivity contribution in [2.45, 2.75) is 12.1 Å². The van der Waals surface area contributed by atoms with Crippen LogP contribution in [0.15, 0.2) is 53.7 Å². The zero-order valence-corrected chi connectivity index (χ0v) is 19.2. The zero-order valence-electron chi connectivity index (χ0n) is 18.4. The van der Waals surface area contributed by atoms with E-state index in [1.54, 1.807) is 30.2 Å². The van der Waals surface area contributed by atoms with Crippen LogP contribution in [0, 0.1) is 17.0 Å². The molecule has 0 bridgehead atoms. The summed E-state index contributed by atoms with van der Waals surface area (Å²) in [6.07, 6.45) is 0. The van der Waals surface area contributed by atoms with Gasteiger partial charge in [0, 0.05) is 37.9 Å². The van der Waals surface area contributed by atoms with Gasteiger partial charge in [-0.1, -0.05) is 23.9 Å². The monoisotopic (exact) mass is 468 g/mol. The van der Waals surface area contributed by atoms with Crippen molar-refractivity contribution in [3.63, 3.8) is 0 Å². The van der Waals surface area contributed by atoms with Crippen LogP contribution in [0.3, 0.4) is 0 Å². The van der Waals surface area contributed by atoms with Gasteiger partial charge in [-0.25, -0.2) is 0 Å². The third-order valence-corrected chi connectivity index (χ3v) is 6.42. The molecule has 1 amide bonds. The quantitative estimate of drug-likeness (QED) is 0.296. The second-order valence-corrected chi connectivity index (χ2v) is 8.41. The highest BCUT2D eigenvalue weighted by atomic mass is 32.2. The van der Waals surface area contributed by atoms with Crippen LogP contribution in [0.25, 0.3) is 5.69 Å². The Morgan fingerprint density at radius 2 is 1.79 bits per heavy atom. The molecule has 3 aromatic rings. The maximum absolute atomic E-state index is 12.8. The fraction of sp³-hybridized carbons (Fsp3) is 0.318. The lowest BCUT2D eigenvalue weighted by Gasteiger charge is -2.35. The van der Waals surface area contributed by atoms with Crippen molar-refractivity contribution < 1.29 is 14.5 Å². The van der Waals surface area contributed by atoms with E-state index in [1.807, 2.05) is 40.7 Å². The van der Waals surface area contributed by atoms with Crippen LogP contribution in [0.5, 0.6) is 5.75 Å². The van der Waals surface area contributed by atoms with Gasteiger partial charge in [0.05, 0.1) is 17.8 Å². The van der Waals surface area contributed by atoms with E-state index >= 15 is 0 Å². The number of carbonyl (C=O) groups excluding carboxylic acids is 1. The average molecular weight is 469 g/mol. The van der Waals surface area contributed by atoms with Gasteiger partial charge < -0.3 is 14.5 Å². The maximum Gasteiger partial charge on any atom is 0.292 e. The molecule has 0 saturated carbocycles. The molecule has 1 aromatic heterocycles. The second kappa shape index (κ2) is 9.90. The SMILES string of the molecule is COc1ccc(-n2c(C)nnc2SCC(=O)N2CCN(c3ccccc3[N+](=O)[O-])CC2)cc1. The number of anilines is 1. The van der Waals surface area contributed by atoms with E-state index in [1.165, 1.54) is 17.8 Å². The summed E-state index contributed by atoms with van der Waals surface area (Å²) in [5.41, 5.74) is 1.57. The molecule has 1 fully saturated rings. The number of aromatic nitrogens is 3. The number of nitro benzene ring substituents is 1. The molecule has 0 spiro atoms. The van der Waals surface area contributed by atoms with Gasteiger partial charge >= 0.3 is 0 Å². The Morgan fingerprint density at radius 3 is 2.45 bits per heavy atom. The summed E-state index contributed by atoms with van der Waals surface area (Å²) in [5, 5.41) is 20.4. The molecule has 0 radical (unpaired) electrons. The highest BCUT2D eigenvalue weighted by Gasteiger charge is 2.26. The summed E-state index contributed by atoms with van der Waals surface area (Å²) in [6, 6.07) is 14.3. The van der Waals surface area contributed by atoms with E-state index in [2.05, 4.69) is 10.2 Å². The van der Waals surface area contributed by atoms with Crippen LogP contribution in [-0.2, 0) is 4.79 Å². The Labute approximate surface area is 195 Å². The minimum absolute atomic E-state index is 0.00384. The lowest BCUT2D eigenvalue weighted by Crippen LogP contribution is -2.49. The van der Waals surface area contributed by atoms with Crippen molar-refractivity contribution in [1.82, 2.24) is 19.7 Å². The van der Waals surface area contributed by atoms with Crippen molar-refractivity contribution >= 4 is 29.0 Å². The summed E-state index contributed by atoms with van der Waals surface area (Å²) in [6.45, 7) is 3.97. The summed E-state index contributed by atoms with van der Waals surface area (Å²) >= 11 is 1.34. The first-order chi connectivity index (χ1) is 16.0. The number of nitrogens with zero attached hydrogens (tertiary/aromatic N) is 6. The molecule has 2 heterocycles. The summed E-state index contributed by atoms with van der Waals surface area (Å²) in [4.78, 5) is 27.5. The first-order valence-electron chi connectivity index (χ1n) is 10.4. The lowest BCUT2D eigenvalue weighted by atomic mass is 10.2. The number of benzene rings is 2. The van der Waals surface area contributed by atoms with Gasteiger partial charge in [-0.05, 0) is 37.3 Å². The van der Waals surface area contributed by atoms with Crippen molar-refractivity contribution in [2.24, 2.45) is 0 Å². The van der Waals surface area contributed by atoms with Crippen molar-refractivity contribution in [1.29, 1.82) is 0 Å². The molecular formula is C22H24N6O4S. The van der Waals surface area contributed by atoms with Crippen LogP contribution in [-0.4, -0.2) is 69.5 Å². The molecule has 0 unspecified atom stereocenters. The highest BCUT2D eigenvalue weighted by molar-refractivity contribution is 7.99. The second-order valence-electron chi connectivity index (χ2n) is 7.47. The number of rotatable bonds is 7. The fourth-order valence-corrected chi connectivity index (χ4v) is 4.67. The largest absolute Gasteiger partial charge is 0.497 e. The molecule has 0 aliphatic carbocycles. The molecule has 1 saturated heterocycles. The topological polar surface area (TPSA) is 107 Å². The molecule has 1 aliphatic rings. The van der Waals surface area contributed by atoms with E-state index in [9.17, 15) is 14.9 Å². The first kappa shape index (κ1) is 22.6. The Bertz CT molecular complexity index is 1140. The molecule has 172 valence electrons. The van der Waals surface area contributed by atoms with E-state index < -0.39 is 0 Å². The number of piperazine rings is 1. The van der Waals surface area contributed by atoms with Crippen LogP contribution < -0.4 is 9.64 Å². The number of hydrogen-bond donors (Lipinski definition) is 0. The number of thioether (sulfide) groups is 1. The number of para-hydroxylation sites is 2. The van der Waals surface area contributed by atoms with Crippen LogP contribution >= 0.6 is 11.8 Å². The number of aryl methyl sites for hydroxylation is 1. The Balaban J connectivity index is 1.37. The average Bonchev–Trinajstić information content (AvgIpc) is 3.22. The lowest BCUT2D eigenvalue weighted by molar-refractivity contribution is -0.384. The predicted octanol–water partition coefficient (Wildman–Crippen LogP) is 2.93. The van der Waals surface area contributed by atoms with Crippen LogP contribution in [0.2, 0.25) is 0 Å². The van der Waals surface area contributed by atoms with Crippen molar-refractivity contribution in [3.05, 3.63) is 64.5 Å². The van der Waals surface area contributed by atoms with E-state index in [-0.39, 0.29) is 22.3 Å². The summed E-state index contributed by atoms with van der Waals surface area (Å²) < 4.78 is 7.12. The Hall–Kier alpha value is -3.60. The van der Waals surface area contributed by atoms with Crippen molar-refractivity contribution in [3.8, 4) is 11.4 Å². The van der Waals surface area contributed by atoms with Gasteiger partial charge in [-0.2, -0.15) is 0 Å². The standard InChI is InChI=1S/C22H24N6O4S/c1-16-23-24-22(27(16)17-7-9-18(32-2)10-8-17)33-15-21(29)26-13-11-25(12-14-26)19-5-3-4-6-20(19)28(30)31/h3-10H,11-15H2,1-2H3. The summed E-state index contributed by atoms with van der Waals surface area (Å²) in [7, 11) is 1.62. The Kier molecular flexibility index (Phi) is 6.78. The third-order valence-electron chi connectivity index (χ3n) is 5.50. The van der Waals surface area contributed by atoms with E-state index in [0.29, 0.717) is 37.0 Å². The number of amides is 1. The van der Waals surface area contributed by atoms with Crippen LogP contribution in [0.1, 0.15) is 5.82 Å². The molecular weight excluding hydrogens is 444 g/mol. The van der Waals surface area contributed by atoms with Gasteiger partial charge in [0.1, 0.15) is 17.3 Å². The smallest absolute Gasteiger partial charge is 0.292 e. The van der Waals surface area contributed by atoms with Crippen LogP contribution in [0.4, 0.5) is 11.4 Å². The van der Waals surface area contributed by atoms with Gasteiger partial charge in [0.25, 0.3) is 5.69 Å². The fourth-order valence-electron chi connectivity index (χ4n) is 3.77. The number of nitro groups is 1. The van der Waals surface area contributed by atoms with Gasteiger partial charge in [-0.3, -0.25) is 19.5 Å². The van der Waals surface area contributed by atoms with Gasteiger partial charge in [0.15, 0.2) is 5.16 Å². The predicted molar refractivity (Wildman–Crippen MR) is 125 cm³/mol. The van der Waals surface area contributed by atoms with Crippen molar-refractivity contribution in [2.75, 3.05) is 43.9 Å². The molecule has 0 atom stereocenters.